The standard InChI is InChI=1S/C14H19NO3/c1-10-6-11(13(16)17-3)4-5-12(10)15-7-14(2)8-18-9-14/h4-6,15H,7-9H2,1-3H3. The lowest BCUT2D eigenvalue weighted by Gasteiger charge is -2.38. The Balaban J connectivity index is 2.03. The highest BCUT2D eigenvalue weighted by molar-refractivity contribution is 5.90. The molecule has 1 fully saturated rings. The third-order valence-electron chi connectivity index (χ3n) is 3.25. The highest BCUT2D eigenvalue weighted by Gasteiger charge is 2.33. The van der Waals surface area contributed by atoms with Gasteiger partial charge in [-0.25, -0.2) is 4.79 Å². The van der Waals surface area contributed by atoms with E-state index in [4.69, 9.17) is 9.47 Å². The van der Waals surface area contributed by atoms with Crippen molar-refractivity contribution in [3.63, 3.8) is 0 Å². The van der Waals surface area contributed by atoms with Gasteiger partial charge in [0.1, 0.15) is 0 Å². The molecule has 1 N–H and O–H groups in total. The summed E-state index contributed by atoms with van der Waals surface area (Å²) >= 11 is 0. The Morgan fingerprint density at radius 2 is 2.22 bits per heavy atom. The average molecular weight is 249 g/mol. The molecule has 2 rings (SSSR count). The van der Waals surface area contributed by atoms with Gasteiger partial charge in [0.2, 0.25) is 0 Å². The molecule has 1 aliphatic rings. The zero-order valence-corrected chi connectivity index (χ0v) is 11.1. The molecule has 1 saturated heterocycles. The second-order valence-corrected chi connectivity index (χ2v) is 5.18. The third kappa shape index (κ3) is 2.64. The first-order valence-electron chi connectivity index (χ1n) is 6.05. The van der Waals surface area contributed by atoms with E-state index < -0.39 is 0 Å². The van der Waals surface area contributed by atoms with Crippen molar-refractivity contribution in [2.45, 2.75) is 13.8 Å². The largest absolute Gasteiger partial charge is 0.465 e. The molecule has 0 amide bonds. The van der Waals surface area contributed by atoms with E-state index in [2.05, 4.69) is 12.2 Å². The fourth-order valence-electron chi connectivity index (χ4n) is 1.97. The van der Waals surface area contributed by atoms with Crippen molar-refractivity contribution >= 4 is 11.7 Å². The number of benzene rings is 1. The van der Waals surface area contributed by atoms with Crippen LogP contribution < -0.4 is 5.32 Å². The molecule has 0 bridgehead atoms. The van der Waals surface area contributed by atoms with Crippen molar-refractivity contribution in [3.05, 3.63) is 29.3 Å². The number of hydrogen-bond donors (Lipinski definition) is 1. The molecular weight excluding hydrogens is 230 g/mol. The molecule has 0 spiro atoms. The van der Waals surface area contributed by atoms with Gasteiger partial charge in [0, 0.05) is 17.6 Å². The minimum atomic E-state index is -0.302. The number of carbonyl (C=O) groups excluding carboxylic acids is 1. The summed E-state index contributed by atoms with van der Waals surface area (Å²) in [6, 6.07) is 5.54. The summed E-state index contributed by atoms with van der Waals surface area (Å²) in [6.45, 7) is 6.67. The maximum atomic E-state index is 11.4. The number of hydrogen-bond acceptors (Lipinski definition) is 4. The smallest absolute Gasteiger partial charge is 0.337 e. The van der Waals surface area contributed by atoms with Crippen LogP contribution in [0.15, 0.2) is 18.2 Å². The van der Waals surface area contributed by atoms with Crippen LogP contribution in [-0.2, 0) is 9.47 Å². The van der Waals surface area contributed by atoms with Crippen LogP contribution in [0, 0.1) is 12.3 Å². The number of methoxy groups -OCH3 is 1. The highest BCUT2D eigenvalue weighted by Crippen LogP contribution is 2.27. The Hall–Kier alpha value is -1.55. The first kappa shape index (κ1) is 12.9. The van der Waals surface area contributed by atoms with Gasteiger partial charge in [-0.2, -0.15) is 0 Å². The highest BCUT2D eigenvalue weighted by atomic mass is 16.5. The Labute approximate surface area is 107 Å². The minimum absolute atomic E-state index is 0.230. The molecule has 0 saturated carbocycles. The van der Waals surface area contributed by atoms with Crippen LogP contribution in [0.4, 0.5) is 5.69 Å². The second-order valence-electron chi connectivity index (χ2n) is 5.18. The van der Waals surface area contributed by atoms with E-state index in [-0.39, 0.29) is 11.4 Å². The summed E-state index contributed by atoms with van der Waals surface area (Å²) in [5.74, 6) is -0.302. The van der Waals surface area contributed by atoms with Crippen LogP contribution in [0.1, 0.15) is 22.8 Å². The van der Waals surface area contributed by atoms with Crippen molar-refractivity contribution in [3.8, 4) is 0 Å². The van der Waals surface area contributed by atoms with Gasteiger partial charge in [0.15, 0.2) is 0 Å². The summed E-state index contributed by atoms with van der Waals surface area (Å²) in [5, 5.41) is 3.41. The summed E-state index contributed by atoms with van der Waals surface area (Å²) < 4.78 is 9.92. The summed E-state index contributed by atoms with van der Waals surface area (Å²) in [5.41, 5.74) is 2.91. The first-order valence-corrected chi connectivity index (χ1v) is 6.05. The Bertz CT molecular complexity index is 452. The predicted molar refractivity (Wildman–Crippen MR) is 69.9 cm³/mol. The number of carbonyl (C=O) groups is 1. The average Bonchev–Trinajstić information content (AvgIpc) is 2.34. The number of esters is 1. The lowest BCUT2D eigenvalue weighted by Crippen LogP contribution is -2.45. The molecule has 1 aromatic carbocycles. The lowest BCUT2D eigenvalue weighted by molar-refractivity contribution is -0.0924. The number of aryl methyl sites for hydroxylation is 1. The topological polar surface area (TPSA) is 47.6 Å². The lowest BCUT2D eigenvalue weighted by atomic mass is 9.88. The van der Waals surface area contributed by atoms with Crippen LogP contribution >= 0.6 is 0 Å². The zero-order valence-electron chi connectivity index (χ0n) is 11.1. The summed E-state index contributed by atoms with van der Waals surface area (Å²) in [4.78, 5) is 11.4. The van der Waals surface area contributed by atoms with Crippen LogP contribution in [0.5, 0.6) is 0 Å². The van der Waals surface area contributed by atoms with Gasteiger partial charge < -0.3 is 14.8 Å². The molecule has 0 unspecified atom stereocenters. The predicted octanol–water partition coefficient (Wildman–Crippen LogP) is 2.23. The van der Waals surface area contributed by atoms with Crippen molar-refractivity contribution in [2.24, 2.45) is 5.41 Å². The zero-order chi connectivity index (χ0) is 13.2. The molecule has 0 aromatic heterocycles. The van der Waals surface area contributed by atoms with Crippen LogP contribution in [-0.4, -0.2) is 32.8 Å². The number of anilines is 1. The molecule has 4 nitrogen and oxygen atoms in total. The summed E-state index contributed by atoms with van der Waals surface area (Å²) in [7, 11) is 1.39. The number of ether oxygens (including phenoxy) is 2. The molecule has 0 aliphatic carbocycles. The van der Waals surface area contributed by atoms with Crippen molar-refractivity contribution < 1.29 is 14.3 Å². The third-order valence-corrected chi connectivity index (χ3v) is 3.25. The van der Waals surface area contributed by atoms with E-state index in [1.165, 1.54) is 7.11 Å². The van der Waals surface area contributed by atoms with Crippen LogP contribution in [0.25, 0.3) is 0 Å². The quantitative estimate of drug-likeness (QED) is 0.831. The van der Waals surface area contributed by atoms with Crippen molar-refractivity contribution in [1.82, 2.24) is 0 Å². The van der Waals surface area contributed by atoms with Crippen molar-refractivity contribution in [2.75, 3.05) is 32.2 Å². The maximum absolute atomic E-state index is 11.4. The second kappa shape index (κ2) is 4.98. The molecule has 98 valence electrons. The Morgan fingerprint density at radius 1 is 1.50 bits per heavy atom. The monoisotopic (exact) mass is 249 g/mol. The van der Waals surface area contributed by atoms with Crippen LogP contribution in [0.2, 0.25) is 0 Å². The van der Waals surface area contributed by atoms with Gasteiger partial charge in [-0.05, 0) is 30.7 Å². The molecule has 18 heavy (non-hydrogen) atoms. The summed E-state index contributed by atoms with van der Waals surface area (Å²) in [6.07, 6.45) is 0. The van der Waals surface area contributed by atoms with Gasteiger partial charge in [-0.1, -0.05) is 6.92 Å². The van der Waals surface area contributed by atoms with Crippen LogP contribution in [0.3, 0.4) is 0 Å². The fraction of sp³-hybridized carbons (Fsp3) is 0.500. The SMILES string of the molecule is COC(=O)c1ccc(NCC2(C)COC2)c(C)c1. The first-order chi connectivity index (χ1) is 8.54. The molecular formula is C14H19NO3. The minimum Gasteiger partial charge on any atom is -0.465 e. The Kier molecular flexibility index (Phi) is 3.57. The van der Waals surface area contributed by atoms with Gasteiger partial charge in [-0.3, -0.25) is 0 Å². The van der Waals surface area contributed by atoms with Gasteiger partial charge in [0.05, 0.1) is 25.9 Å². The molecule has 0 radical (unpaired) electrons. The fourth-order valence-corrected chi connectivity index (χ4v) is 1.97. The molecule has 4 heteroatoms. The normalized spacial score (nSPS) is 16.8. The molecule has 0 atom stereocenters. The Morgan fingerprint density at radius 3 is 2.72 bits per heavy atom. The molecule has 1 aromatic rings. The van der Waals surface area contributed by atoms with E-state index in [0.29, 0.717) is 5.56 Å². The van der Waals surface area contributed by atoms with Gasteiger partial charge in [-0.15, -0.1) is 0 Å². The molecule has 1 heterocycles. The number of nitrogens with one attached hydrogen (secondary N) is 1. The van der Waals surface area contributed by atoms with E-state index in [1.807, 2.05) is 19.1 Å². The van der Waals surface area contributed by atoms with Gasteiger partial charge in [0.25, 0.3) is 0 Å². The van der Waals surface area contributed by atoms with Gasteiger partial charge >= 0.3 is 5.97 Å². The van der Waals surface area contributed by atoms with E-state index in [0.717, 1.165) is 31.0 Å². The van der Waals surface area contributed by atoms with Crippen molar-refractivity contribution in [1.29, 1.82) is 0 Å². The molecule has 1 aliphatic heterocycles. The number of rotatable bonds is 4. The van der Waals surface area contributed by atoms with E-state index >= 15 is 0 Å². The van der Waals surface area contributed by atoms with E-state index in [1.54, 1.807) is 6.07 Å². The van der Waals surface area contributed by atoms with E-state index in [9.17, 15) is 4.79 Å². The maximum Gasteiger partial charge on any atom is 0.337 e.